The zero-order valence-electron chi connectivity index (χ0n) is 16.6. The van der Waals surface area contributed by atoms with Crippen molar-refractivity contribution >= 4 is 17.7 Å². The number of nitrogens with zero attached hydrogens (tertiary/aromatic N) is 2. The summed E-state index contributed by atoms with van der Waals surface area (Å²) in [5.74, 6) is -0.126. The summed E-state index contributed by atoms with van der Waals surface area (Å²) in [7, 11) is 0. The number of hydrogen-bond donors (Lipinski definition) is 1. The van der Waals surface area contributed by atoms with Gasteiger partial charge in [0.1, 0.15) is 23.8 Å². The number of benzene rings is 1. The van der Waals surface area contributed by atoms with Crippen molar-refractivity contribution in [3.63, 3.8) is 0 Å². The van der Waals surface area contributed by atoms with Crippen molar-refractivity contribution in [1.29, 1.82) is 0 Å². The van der Waals surface area contributed by atoms with E-state index in [0.29, 0.717) is 45.1 Å². The molecule has 0 aliphatic carbocycles. The molecule has 0 radical (unpaired) electrons. The lowest BCUT2D eigenvalue weighted by Gasteiger charge is -2.39. The van der Waals surface area contributed by atoms with Crippen LogP contribution in [0.1, 0.15) is 19.8 Å². The summed E-state index contributed by atoms with van der Waals surface area (Å²) in [6, 6.07) is 4.34. The molecule has 0 aromatic heterocycles. The smallest absolute Gasteiger partial charge is 0.409 e. The number of ether oxygens (including phenoxy) is 3. The van der Waals surface area contributed by atoms with E-state index in [9.17, 15) is 14.3 Å². The van der Waals surface area contributed by atoms with Crippen molar-refractivity contribution in [3.05, 3.63) is 29.0 Å². The van der Waals surface area contributed by atoms with Crippen LogP contribution < -0.4 is 4.74 Å². The monoisotopic (exact) mass is 430 g/mol. The first kappa shape index (κ1) is 22.1. The van der Waals surface area contributed by atoms with Gasteiger partial charge in [-0.3, -0.25) is 4.90 Å². The van der Waals surface area contributed by atoms with Crippen LogP contribution in [0.2, 0.25) is 5.02 Å². The molecule has 9 heteroatoms. The van der Waals surface area contributed by atoms with Crippen LogP contribution in [0.4, 0.5) is 9.18 Å². The van der Waals surface area contributed by atoms with Gasteiger partial charge in [0, 0.05) is 38.3 Å². The Hall–Kier alpha value is -1.61. The molecule has 1 aromatic rings. The zero-order valence-corrected chi connectivity index (χ0v) is 17.4. The second-order valence-corrected chi connectivity index (χ2v) is 7.94. The van der Waals surface area contributed by atoms with E-state index in [4.69, 9.17) is 25.8 Å². The predicted octanol–water partition coefficient (Wildman–Crippen LogP) is 2.54. The van der Waals surface area contributed by atoms with Gasteiger partial charge >= 0.3 is 6.09 Å². The van der Waals surface area contributed by atoms with Crippen LogP contribution in [0, 0.1) is 5.82 Å². The normalized spacial score (nSPS) is 24.2. The fraction of sp³-hybridized carbons (Fsp3) is 0.650. The molecule has 1 N–H and O–H groups in total. The maximum atomic E-state index is 13.3. The van der Waals surface area contributed by atoms with Crippen LogP contribution in [-0.4, -0.2) is 85.2 Å². The van der Waals surface area contributed by atoms with E-state index in [1.165, 1.54) is 18.2 Å². The van der Waals surface area contributed by atoms with E-state index in [1.807, 2.05) is 0 Å². The SMILES string of the molecule is CCOC(=O)N1CCC(N2CCOC[C@@](O)(COc3ccc(F)c(Cl)c3)C2)CC1. The third kappa shape index (κ3) is 5.94. The number of amides is 1. The van der Waals surface area contributed by atoms with E-state index in [-0.39, 0.29) is 30.4 Å². The Balaban J connectivity index is 1.56. The third-order valence-corrected chi connectivity index (χ3v) is 5.59. The van der Waals surface area contributed by atoms with Crippen LogP contribution in [0.25, 0.3) is 0 Å². The fourth-order valence-corrected chi connectivity index (χ4v) is 3.93. The summed E-state index contributed by atoms with van der Waals surface area (Å²) in [5.41, 5.74) is -1.20. The summed E-state index contributed by atoms with van der Waals surface area (Å²) in [6.45, 7) is 5.20. The number of hydrogen-bond acceptors (Lipinski definition) is 6. The van der Waals surface area contributed by atoms with Gasteiger partial charge in [-0.25, -0.2) is 9.18 Å². The molecule has 0 bridgehead atoms. The van der Waals surface area contributed by atoms with Gasteiger partial charge in [0.2, 0.25) is 0 Å². The number of likely N-dealkylation sites (tertiary alicyclic amines) is 1. The topological polar surface area (TPSA) is 71.5 Å². The van der Waals surface area contributed by atoms with E-state index < -0.39 is 11.4 Å². The molecule has 0 spiro atoms. The molecular formula is C20H28ClFN2O5. The highest BCUT2D eigenvalue weighted by Gasteiger charge is 2.37. The largest absolute Gasteiger partial charge is 0.490 e. The van der Waals surface area contributed by atoms with Gasteiger partial charge < -0.3 is 24.2 Å². The van der Waals surface area contributed by atoms with Crippen LogP contribution in [-0.2, 0) is 9.47 Å². The molecule has 29 heavy (non-hydrogen) atoms. The Morgan fingerprint density at radius 3 is 2.83 bits per heavy atom. The highest BCUT2D eigenvalue weighted by Crippen LogP contribution is 2.25. The van der Waals surface area contributed by atoms with Crippen molar-refractivity contribution in [2.24, 2.45) is 0 Å². The zero-order chi connectivity index (χ0) is 20.9. The van der Waals surface area contributed by atoms with Crippen LogP contribution in [0.15, 0.2) is 18.2 Å². The molecule has 162 valence electrons. The van der Waals surface area contributed by atoms with Crippen molar-refractivity contribution in [1.82, 2.24) is 9.80 Å². The van der Waals surface area contributed by atoms with Gasteiger partial charge in [0.15, 0.2) is 0 Å². The molecule has 7 nitrogen and oxygen atoms in total. The van der Waals surface area contributed by atoms with Gasteiger partial charge in [-0.05, 0) is 31.9 Å². The molecule has 0 saturated carbocycles. The molecule has 1 amide bonds. The lowest BCUT2D eigenvalue weighted by atomic mass is 10.00. The number of aliphatic hydroxyl groups is 1. The minimum atomic E-state index is -1.20. The second-order valence-electron chi connectivity index (χ2n) is 7.53. The molecule has 1 atom stereocenters. The minimum Gasteiger partial charge on any atom is -0.490 e. The standard InChI is InChI=1S/C20H28ClFN2O5/c1-2-28-19(25)23-7-5-15(6-8-23)24-9-10-27-13-20(26,12-24)14-29-16-3-4-18(22)17(21)11-16/h3-4,11,15,26H,2,5-10,12-14H2,1H3/t20-/m1/s1. The average Bonchev–Trinajstić information content (AvgIpc) is 2.91. The minimum absolute atomic E-state index is 0.00708. The van der Waals surface area contributed by atoms with Gasteiger partial charge in [0.05, 0.1) is 24.8 Å². The maximum Gasteiger partial charge on any atom is 0.409 e. The number of piperidine rings is 1. The third-order valence-electron chi connectivity index (χ3n) is 5.30. The van der Waals surface area contributed by atoms with Crippen LogP contribution >= 0.6 is 11.6 Å². The predicted molar refractivity (Wildman–Crippen MR) is 106 cm³/mol. The number of rotatable bonds is 5. The summed E-state index contributed by atoms with van der Waals surface area (Å²) in [6.07, 6.45) is 1.35. The lowest BCUT2D eigenvalue weighted by molar-refractivity contribution is -0.0688. The molecule has 2 aliphatic heterocycles. The fourth-order valence-electron chi connectivity index (χ4n) is 3.76. The average molecular weight is 431 g/mol. The first-order valence-corrected chi connectivity index (χ1v) is 10.3. The molecule has 2 fully saturated rings. The first-order valence-electron chi connectivity index (χ1n) is 9.94. The van der Waals surface area contributed by atoms with Crippen LogP contribution in [0.3, 0.4) is 0 Å². The molecule has 1 aromatic carbocycles. The number of carbonyl (C=O) groups excluding carboxylic acids is 1. The Morgan fingerprint density at radius 2 is 2.14 bits per heavy atom. The van der Waals surface area contributed by atoms with E-state index in [2.05, 4.69) is 4.90 Å². The molecule has 0 unspecified atom stereocenters. The van der Waals surface area contributed by atoms with Crippen molar-refractivity contribution < 1.29 is 28.5 Å². The molecule has 2 heterocycles. The number of carbonyl (C=O) groups is 1. The van der Waals surface area contributed by atoms with Gasteiger partial charge in [-0.2, -0.15) is 0 Å². The van der Waals surface area contributed by atoms with E-state index in [1.54, 1.807) is 11.8 Å². The Labute approximate surface area is 175 Å². The van der Waals surface area contributed by atoms with Crippen molar-refractivity contribution in [2.45, 2.75) is 31.4 Å². The summed E-state index contributed by atoms with van der Waals surface area (Å²) in [4.78, 5) is 15.8. The molecule has 2 aliphatic rings. The van der Waals surface area contributed by atoms with Gasteiger partial charge in [0.25, 0.3) is 0 Å². The molecule has 3 rings (SSSR count). The maximum absolute atomic E-state index is 13.3. The molecule has 2 saturated heterocycles. The first-order chi connectivity index (χ1) is 13.9. The van der Waals surface area contributed by atoms with Crippen molar-refractivity contribution in [3.8, 4) is 5.75 Å². The summed E-state index contributed by atoms with van der Waals surface area (Å²) < 4.78 is 29.7. The van der Waals surface area contributed by atoms with Gasteiger partial charge in [-0.1, -0.05) is 11.6 Å². The summed E-state index contributed by atoms with van der Waals surface area (Å²) >= 11 is 5.79. The van der Waals surface area contributed by atoms with E-state index >= 15 is 0 Å². The molecular weight excluding hydrogens is 403 g/mol. The highest BCUT2D eigenvalue weighted by atomic mass is 35.5. The van der Waals surface area contributed by atoms with Crippen LogP contribution in [0.5, 0.6) is 5.75 Å². The second kappa shape index (κ2) is 9.93. The summed E-state index contributed by atoms with van der Waals surface area (Å²) in [5, 5.41) is 11.0. The highest BCUT2D eigenvalue weighted by molar-refractivity contribution is 6.30. The Kier molecular flexibility index (Phi) is 7.56. The number of halogens is 2. The quantitative estimate of drug-likeness (QED) is 0.774. The van der Waals surface area contributed by atoms with Gasteiger partial charge in [-0.15, -0.1) is 0 Å². The Morgan fingerprint density at radius 1 is 1.38 bits per heavy atom. The Bertz CT molecular complexity index is 701. The number of β-amino-alcohol motifs (C(OH)–C–C–N with tert-alkyl or cyclic N) is 1. The van der Waals surface area contributed by atoms with E-state index in [0.717, 1.165) is 12.8 Å². The lowest BCUT2D eigenvalue weighted by Crippen LogP contribution is -2.54. The van der Waals surface area contributed by atoms with Crippen molar-refractivity contribution in [2.75, 3.05) is 52.6 Å².